The fourth-order valence-corrected chi connectivity index (χ4v) is 4.53. The first-order chi connectivity index (χ1) is 12.2. The quantitative estimate of drug-likeness (QED) is 0.849. The van der Waals surface area contributed by atoms with E-state index in [0.29, 0.717) is 19.3 Å². The van der Waals surface area contributed by atoms with Crippen LogP contribution in [0, 0.1) is 0 Å². The zero-order chi connectivity index (χ0) is 17.2. The minimum absolute atomic E-state index is 0.231. The van der Waals surface area contributed by atoms with Crippen LogP contribution in [0.2, 0.25) is 0 Å². The summed E-state index contributed by atoms with van der Waals surface area (Å²) in [6, 6.07) is 10.8. The molecule has 0 spiro atoms. The topological polar surface area (TPSA) is 40.6 Å². The number of Topliss-reactive ketones (excluding diaryl/α,β-unsaturated/α-hetero) is 1. The largest absolute Gasteiger partial charge is 0.313 e. The second kappa shape index (κ2) is 7.12. The van der Waals surface area contributed by atoms with Crippen molar-refractivity contribution in [2.45, 2.75) is 57.5 Å². The summed E-state index contributed by atoms with van der Waals surface area (Å²) in [6.07, 6.45) is 5.64. The van der Waals surface area contributed by atoms with Gasteiger partial charge in [-0.2, -0.15) is 0 Å². The summed E-state index contributed by atoms with van der Waals surface area (Å²) in [4.78, 5) is 29.3. The van der Waals surface area contributed by atoms with Gasteiger partial charge in [-0.3, -0.25) is 14.5 Å². The van der Waals surface area contributed by atoms with Crippen molar-refractivity contribution in [3.8, 4) is 0 Å². The smallest absolute Gasteiger partial charge is 0.227 e. The molecular weight excluding hydrogens is 312 g/mol. The molecule has 25 heavy (non-hydrogen) atoms. The zero-order valence-corrected chi connectivity index (χ0v) is 14.7. The number of benzene rings is 1. The summed E-state index contributed by atoms with van der Waals surface area (Å²) in [6.45, 7) is 3.01. The molecule has 0 N–H and O–H groups in total. The molecule has 4 nitrogen and oxygen atoms in total. The van der Waals surface area contributed by atoms with Crippen LogP contribution < -0.4 is 0 Å². The Hall–Kier alpha value is -1.94. The molecule has 1 aromatic rings. The van der Waals surface area contributed by atoms with Gasteiger partial charge in [-0.05, 0) is 37.7 Å². The van der Waals surface area contributed by atoms with Gasteiger partial charge in [0.25, 0.3) is 0 Å². The van der Waals surface area contributed by atoms with E-state index in [1.807, 2.05) is 4.90 Å². The molecule has 0 saturated carbocycles. The highest BCUT2D eigenvalue weighted by Gasteiger charge is 2.37. The number of ketones is 1. The molecule has 1 aliphatic carbocycles. The number of allylic oxidation sites excluding steroid dienone is 2. The van der Waals surface area contributed by atoms with E-state index in [1.165, 1.54) is 5.56 Å². The Morgan fingerprint density at radius 2 is 1.68 bits per heavy atom. The van der Waals surface area contributed by atoms with Crippen molar-refractivity contribution in [2.75, 3.05) is 13.1 Å². The number of nitrogens with zero attached hydrogens (tertiary/aromatic N) is 2. The van der Waals surface area contributed by atoms with E-state index >= 15 is 0 Å². The predicted octanol–water partition coefficient (Wildman–Crippen LogP) is 3.28. The van der Waals surface area contributed by atoms with Crippen LogP contribution >= 0.6 is 0 Å². The normalized spacial score (nSPS) is 23.1. The first-order valence-electron chi connectivity index (χ1n) is 9.56. The Morgan fingerprint density at radius 1 is 0.920 bits per heavy atom. The fraction of sp³-hybridized carbons (Fsp3) is 0.524. The van der Waals surface area contributed by atoms with Gasteiger partial charge in [0.15, 0.2) is 5.78 Å². The van der Waals surface area contributed by atoms with Crippen molar-refractivity contribution < 1.29 is 9.59 Å². The van der Waals surface area contributed by atoms with Crippen molar-refractivity contribution in [1.29, 1.82) is 0 Å². The lowest BCUT2D eigenvalue weighted by atomic mass is 9.86. The maximum atomic E-state index is 12.6. The molecule has 4 heteroatoms. The van der Waals surface area contributed by atoms with Crippen molar-refractivity contribution in [3.63, 3.8) is 0 Å². The Labute approximate surface area is 149 Å². The third-order valence-electron chi connectivity index (χ3n) is 5.82. The molecule has 1 amide bonds. The highest BCUT2D eigenvalue weighted by molar-refractivity contribution is 5.99. The number of rotatable bonds is 3. The molecule has 1 saturated heterocycles. The number of likely N-dealkylation sites (tertiary alicyclic amines) is 1. The van der Waals surface area contributed by atoms with Crippen LogP contribution in [0.1, 0.15) is 50.5 Å². The average Bonchev–Trinajstić information content (AvgIpc) is 2.64. The lowest BCUT2D eigenvalue weighted by Crippen LogP contribution is -2.49. The Bertz CT molecular complexity index is 687. The third-order valence-corrected chi connectivity index (χ3v) is 5.82. The number of carbonyl (C=O) groups excluding carboxylic acids is 2. The summed E-state index contributed by atoms with van der Waals surface area (Å²) >= 11 is 0. The predicted molar refractivity (Wildman–Crippen MR) is 96.7 cm³/mol. The Balaban J connectivity index is 1.43. The van der Waals surface area contributed by atoms with Gasteiger partial charge in [0, 0.05) is 49.8 Å². The van der Waals surface area contributed by atoms with Crippen LogP contribution in [0.5, 0.6) is 0 Å². The maximum Gasteiger partial charge on any atom is 0.227 e. The van der Waals surface area contributed by atoms with Crippen LogP contribution in [0.15, 0.2) is 41.6 Å². The Kier molecular flexibility index (Phi) is 4.71. The van der Waals surface area contributed by atoms with E-state index in [1.54, 1.807) is 0 Å². The minimum atomic E-state index is 0.231. The second-order valence-electron chi connectivity index (χ2n) is 7.46. The van der Waals surface area contributed by atoms with Crippen LogP contribution in [0.4, 0.5) is 0 Å². The molecule has 2 heterocycles. The molecule has 0 unspecified atom stereocenters. The van der Waals surface area contributed by atoms with Gasteiger partial charge in [-0.15, -0.1) is 0 Å². The SMILES string of the molecule is O=C1CCCC2=C1CCC(=O)N2C1CCN(Cc2ccccc2)CC1. The third kappa shape index (κ3) is 3.40. The second-order valence-corrected chi connectivity index (χ2v) is 7.46. The van der Waals surface area contributed by atoms with Crippen LogP contribution in [0.3, 0.4) is 0 Å². The highest BCUT2D eigenvalue weighted by atomic mass is 16.2. The van der Waals surface area contributed by atoms with Gasteiger partial charge in [0.1, 0.15) is 0 Å². The summed E-state index contributed by atoms with van der Waals surface area (Å²) in [7, 11) is 0. The number of carbonyl (C=O) groups is 2. The lowest BCUT2D eigenvalue weighted by molar-refractivity contribution is -0.133. The summed E-state index contributed by atoms with van der Waals surface area (Å²) in [5.74, 6) is 0.509. The average molecular weight is 338 g/mol. The summed E-state index contributed by atoms with van der Waals surface area (Å²) < 4.78 is 0. The molecule has 0 aromatic heterocycles. The monoisotopic (exact) mass is 338 g/mol. The molecule has 4 rings (SSSR count). The van der Waals surface area contributed by atoms with Gasteiger partial charge < -0.3 is 4.90 Å². The summed E-state index contributed by atoms with van der Waals surface area (Å²) in [5, 5.41) is 0. The number of hydrogen-bond acceptors (Lipinski definition) is 3. The van der Waals surface area contributed by atoms with E-state index in [9.17, 15) is 9.59 Å². The molecular formula is C21H26N2O2. The van der Waals surface area contributed by atoms with Crippen LogP contribution in [-0.4, -0.2) is 40.6 Å². The van der Waals surface area contributed by atoms with Crippen LogP contribution in [-0.2, 0) is 16.1 Å². The molecule has 3 aliphatic rings. The zero-order valence-electron chi connectivity index (χ0n) is 14.7. The van der Waals surface area contributed by atoms with E-state index in [-0.39, 0.29) is 17.7 Å². The van der Waals surface area contributed by atoms with Crippen molar-refractivity contribution >= 4 is 11.7 Å². The maximum absolute atomic E-state index is 12.6. The van der Waals surface area contributed by atoms with E-state index < -0.39 is 0 Å². The van der Waals surface area contributed by atoms with Gasteiger partial charge in [0.05, 0.1) is 0 Å². The molecule has 0 radical (unpaired) electrons. The Morgan fingerprint density at radius 3 is 2.44 bits per heavy atom. The van der Waals surface area contributed by atoms with Crippen LogP contribution in [0.25, 0.3) is 0 Å². The number of amides is 1. The first-order valence-corrected chi connectivity index (χ1v) is 9.56. The van der Waals surface area contributed by atoms with Gasteiger partial charge in [-0.25, -0.2) is 0 Å². The van der Waals surface area contributed by atoms with E-state index in [2.05, 4.69) is 35.2 Å². The standard InChI is InChI=1S/C21H26N2O2/c24-20-8-4-7-19-18(20)9-10-21(25)23(19)17-11-13-22(14-12-17)15-16-5-2-1-3-6-16/h1-3,5-6,17H,4,7-15H2. The van der Waals surface area contributed by atoms with E-state index in [4.69, 9.17) is 0 Å². The number of hydrogen-bond donors (Lipinski definition) is 0. The number of piperidine rings is 1. The van der Waals surface area contributed by atoms with Crippen molar-refractivity contribution in [1.82, 2.24) is 9.80 Å². The molecule has 2 aliphatic heterocycles. The van der Waals surface area contributed by atoms with Gasteiger partial charge in [0.2, 0.25) is 5.91 Å². The summed E-state index contributed by atoms with van der Waals surface area (Å²) in [5.41, 5.74) is 3.37. The van der Waals surface area contributed by atoms with Gasteiger partial charge in [-0.1, -0.05) is 30.3 Å². The van der Waals surface area contributed by atoms with Crippen molar-refractivity contribution in [2.24, 2.45) is 0 Å². The minimum Gasteiger partial charge on any atom is -0.313 e. The molecule has 0 bridgehead atoms. The van der Waals surface area contributed by atoms with Crippen molar-refractivity contribution in [3.05, 3.63) is 47.2 Å². The molecule has 132 valence electrons. The first kappa shape index (κ1) is 16.5. The molecule has 1 fully saturated rings. The molecule has 1 aromatic carbocycles. The highest BCUT2D eigenvalue weighted by Crippen LogP contribution is 2.36. The molecule has 0 atom stereocenters. The fourth-order valence-electron chi connectivity index (χ4n) is 4.53. The van der Waals surface area contributed by atoms with E-state index in [0.717, 1.165) is 56.6 Å². The van der Waals surface area contributed by atoms with Gasteiger partial charge >= 0.3 is 0 Å². The lowest BCUT2D eigenvalue weighted by Gasteiger charge is -2.43.